The lowest BCUT2D eigenvalue weighted by molar-refractivity contribution is -0.113. The number of amides is 1. The summed E-state index contributed by atoms with van der Waals surface area (Å²) < 4.78 is 29.8. The molecule has 0 atom stereocenters. The van der Waals surface area contributed by atoms with E-state index in [1.165, 1.54) is 41.3 Å². The Morgan fingerprint density at radius 1 is 1.19 bits per heavy atom. The first-order chi connectivity index (χ1) is 12.9. The van der Waals surface area contributed by atoms with Crippen molar-refractivity contribution in [3.8, 4) is 5.75 Å². The summed E-state index contributed by atoms with van der Waals surface area (Å²) in [6.45, 7) is -2.98. The standard InChI is InChI=1S/C18H11F2NO4S2/c19-17(20)25-13-4-2-1-3-11(13)9-14-15(22)21(18(26)27-14)12-7-5-10(6-8-12)16(23)24/h1-9,17H,(H,23,24)/b14-9+. The minimum absolute atomic E-state index is 0.0522. The number of hydrogen-bond donors (Lipinski definition) is 1. The van der Waals surface area contributed by atoms with E-state index in [2.05, 4.69) is 4.74 Å². The van der Waals surface area contributed by atoms with Crippen molar-refractivity contribution in [3.05, 3.63) is 64.6 Å². The van der Waals surface area contributed by atoms with Gasteiger partial charge in [-0.15, -0.1) is 0 Å². The van der Waals surface area contributed by atoms with Gasteiger partial charge in [-0.05, 0) is 36.4 Å². The highest BCUT2D eigenvalue weighted by molar-refractivity contribution is 8.27. The average molecular weight is 407 g/mol. The minimum Gasteiger partial charge on any atom is -0.478 e. The van der Waals surface area contributed by atoms with Crippen LogP contribution in [0, 0.1) is 0 Å². The fraction of sp³-hybridized carbons (Fsp3) is 0.0556. The molecule has 27 heavy (non-hydrogen) atoms. The number of ether oxygens (including phenoxy) is 1. The van der Waals surface area contributed by atoms with E-state index in [9.17, 15) is 18.4 Å². The molecule has 0 aromatic heterocycles. The Kier molecular flexibility index (Phi) is 5.52. The number of thioether (sulfide) groups is 1. The average Bonchev–Trinajstić information content (AvgIpc) is 2.90. The fourth-order valence-corrected chi connectivity index (χ4v) is 3.68. The number of carboxylic acid groups (broad SMARTS) is 1. The molecule has 1 saturated heterocycles. The van der Waals surface area contributed by atoms with Crippen LogP contribution in [0.25, 0.3) is 6.08 Å². The van der Waals surface area contributed by atoms with Crippen molar-refractivity contribution in [2.45, 2.75) is 6.61 Å². The summed E-state index contributed by atoms with van der Waals surface area (Å²) >= 11 is 6.26. The Morgan fingerprint density at radius 3 is 2.48 bits per heavy atom. The molecule has 0 saturated carbocycles. The minimum atomic E-state index is -2.98. The Morgan fingerprint density at radius 2 is 1.85 bits per heavy atom. The van der Waals surface area contributed by atoms with Crippen LogP contribution in [0.15, 0.2) is 53.4 Å². The molecule has 1 N–H and O–H groups in total. The molecule has 0 spiro atoms. The van der Waals surface area contributed by atoms with Gasteiger partial charge in [0.15, 0.2) is 4.32 Å². The molecule has 1 aliphatic rings. The summed E-state index contributed by atoms with van der Waals surface area (Å²) in [6, 6.07) is 11.8. The molecule has 1 aliphatic heterocycles. The number of benzene rings is 2. The molecule has 5 nitrogen and oxygen atoms in total. The van der Waals surface area contributed by atoms with Crippen LogP contribution in [0.4, 0.5) is 14.5 Å². The van der Waals surface area contributed by atoms with Crippen LogP contribution in [0.1, 0.15) is 15.9 Å². The van der Waals surface area contributed by atoms with Crippen LogP contribution >= 0.6 is 24.0 Å². The van der Waals surface area contributed by atoms with E-state index in [0.717, 1.165) is 11.8 Å². The maximum Gasteiger partial charge on any atom is 0.387 e. The fourth-order valence-electron chi connectivity index (χ4n) is 2.39. The van der Waals surface area contributed by atoms with E-state index in [4.69, 9.17) is 17.3 Å². The van der Waals surface area contributed by atoms with Crippen molar-refractivity contribution in [2.75, 3.05) is 4.90 Å². The molecular formula is C18H11F2NO4S2. The summed E-state index contributed by atoms with van der Waals surface area (Å²) in [5, 5.41) is 8.95. The van der Waals surface area contributed by atoms with E-state index >= 15 is 0 Å². The van der Waals surface area contributed by atoms with E-state index in [0.29, 0.717) is 11.3 Å². The van der Waals surface area contributed by atoms with Crippen LogP contribution in [0.5, 0.6) is 5.75 Å². The van der Waals surface area contributed by atoms with Crippen LogP contribution in [0.3, 0.4) is 0 Å². The van der Waals surface area contributed by atoms with Gasteiger partial charge in [-0.25, -0.2) is 4.79 Å². The molecule has 1 fully saturated rings. The predicted octanol–water partition coefficient (Wildman–Crippen LogP) is 4.39. The molecule has 9 heteroatoms. The van der Waals surface area contributed by atoms with Crippen molar-refractivity contribution in [1.82, 2.24) is 0 Å². The maximum atomic E-state index is 12.7. The molecule has 1 heterocycles. The monoisotopic (exact) mass is 407 g/mol. The van der Waals surface area contributed by atoms with Crippen LogP contribution in [0.2, 0.25) is 0 Å². The molecule has 0 unspecified atom stereocenters. The number of carboxylic acids is 1. The second kappa shape index (κ2) is 7.85. The highest BCUT2D eigenvalue weighted by Crippen LogP contribution is 2.37. The van der Waals surface area contributed by atoms with Crippen molar-refractivity contribution in [1.29, 1.82) is 0 Å². The van der Waals surface area contributed by atoms with Gasteiger partial charge in [-0.3, -0.25) is 9.69 Å². The third-order valence-corrected chi connectivity index (χ3v) is 4.89. The number of halogens is 2. The van der Waals surface area contributed by atoms with Gasteiger partial charge in [0.1, 0.15) is 5.75 Å². The lowest BCUT2D eigenvalue weighted by Gasteiger charge is -2.14. The molecular weight excluding hydrogens is 396 g/mol. The zero-order valence-corrected chi connectivity index (χ0v) is 15.1. The first-order valence-corrected chi connectivity index (χ1v) is 8.74. The number of carbonyl (C=O) groups is 2. The van der Waals surface area contributed by atoms with E-state index in [1.807, 2.05) is 0 Å². The summed E-state index contributed by atoms with van der Waals surface area (Å²) in [5.74, 6) is -1.56. The summed E-state index contributed by atoms with van der Waals surface area (Å²) in [7, 11) is 0. The zero-order valence-electron chi connectivity index (χ0n) is 13.5. The molecule has 0 aliphatic carbocycles. The maximum absolute atomic E-state index is 12.7. The third kappa shape index (κ3) is 4.15. The molecule has 2 aromatic rings. The quantitative estimate of drug-likeness (QED) is 0.586. The van der Waals surface area contributed by atoms with E-state index < -0.39 is 18.5 Å². The number of rotatable bonds is 5. The summed E-state index contributed by atoms with van der Waals surface area (Å²) in [4.78, 5) is 25.2. The van der Waals surface area contributed by atoms with Crippen molar-refractivity contribution in [2.24, 2.45) is 0 Å². The number of carbonyl (C=O) groups excluding carboxylic acids is 1. The second-order valence-corrected chi connectivity index (χ2v) is 6.96. The van der Waals surface area contributed by atoms with Crippen molar-refractivity contribution in [3.63, 3.8) is 0 Å². The van der Waals surface area contributed by atoms with E-state index in [-0.39, 0.29) is 20.5 Å². The number of anilines is 1. The molecule has 1 amide bonds. The summed E-state index contributed by atoms with van der Waals surface area (Å²) in [5.41, 5.74) is 0.820. The summed E-state index contributed by atoms with van der Waals surface area (Å²) in [6.07, 6.45) is 1.43. The first-order valence-electron chi connectivity index (χ1n) is 7.52. The number of alkyl halides is 2. The van der Waals surface area contributed by atoms with Gasteiger partial charge in [0.25, 0.3) is 5.91 Å². The molecule has 3 rings (SSSR count). The highest BCUT2D eigenvalue weighted by atomic mass is 32.2. The van der Waals surface area contributed by atoms with E-state index in [1.54, 1.807) is 18.2 Å². The Hall–Kier alpha value is -2.78. The molecule has 2 aromatic carbocycles. The topological polar surface area (TPSA) is 66.8 Å². The van der Waals surface area contributed by atoms with Gasteiger partial charge in [0.2, 0.25) is 0 Å². The van der Waals surface area contributed by atoms with Gasteiger partial charge in [-0.1, -0.05) is 42.2 Å². The molecule has 138 valence electrons. The normalized spacial score (nSPS) is 15.7. The Bertz CT molecular complexity index is 945. The van der Waals surface area contributed by atoms with Gasteiger partial charge < -0.3 is 9.84 Å². The number of thiocarbonyl (C=S) groups is 1. The van der Waals surface area contributed by atoms with Crippen molar-refractivity contribution >= 4 is 51.9 Å². The van der Waals surface area contributed by atoms with Gasteiger partial charge in [0, 0.05) is 5.56 Å². The Balaban J connectivity index is 1.90. The predicted molar refractivity (Wildman–Crippen MR) is 102 cm³/mol. The highest BCUT2D eigenvalue weighted by Gasteiger charge is 2.33. The lowest BCUT2D eigenvalue weighted by atomic mass is 10.1. The third-order valence-electron chi connectivity index (χ3n) is 3.59. The van der Waals surface area contributed by atoms with Gasteiger partial charge >= 0.3 is 12.6 Å². The number of nitrogens with zero attached hydrogens (tertiary/aromatic N) is 1. The second-order valence-electron chi connectivity index (χ2n) is 5.29. The van der Waals surface area contributed by atoms with Crippen LogP contribution in [-0.4, -0.2) is 27.9 Å². The SMILES string of the molecule is O=C(O)c1ccc(N2C(=O)/C(=C\c3ccccc3OC(F)F)SC2=S)cc1. The largest absolute Gasteiger partial charge is 0.478 e. The number of hydrogen-bond acceptors (Lipinski definition) is 5. The Labute approximate surface area is 162 Å². The molecule has 0 radical (unpaired) electrons. The first kappa shape index (κ1) is 19.0. The van der Waals surface area contributed by atoms with Gasteiger partial charge in [0.05, 0.1) is 16.2 Å². The van der Waals surface area contributed by atoms with Crippen molar-refractivity contribution < 1.29 is 28.2 Å². The lowest BCUT2D eigenvalue weighted by Crippen LogP contribution is -2.27. The zero-order chi connectivity index (χ0) is 19.6. The smallest absolute Gasteiger partial charge is 0.387 e. The number of aromatic carboxylic acids is 1. The number of para-hydroxylation sites is 1. The van der Waals surface area contributed by atoms with Crippen LogP contribution in [-0.2, 0) is 4.79 Å². The van der Waals surface area contributed by atoms with Crippen LogP contribution < -0.4 is 9.64 Å². The van der Waals surface area contributed by atoms with Gasteiger partial charge in [-0.2, -0.15) is 8.78 Å². The molecule has 0 bridgehead atoms.